The van der Waals surface area contributed by atoms with E-state index in [4.69, 9.17) is 4.74 Å². The number of aromatic nitrogens is 3. The minimum absolute atomic E-state index is 0.00248. The lowest BCUT2D eigenvalue weighted by Gasteiger charge is -2.16. The topological polar surface area (TPSA) is 80.2 Å². The summed E-state index contributed by atoms with van der Waals surface area (Å²) in [5, 5.41) is 15.1. The summed E-state index contributed by atoms with van der Waals surface area (Å²) in [5.41, 5.74) is 2.29. The van der Waals surface area contributed by atoms with Gasteiger partial charge in [-0.15, -0.1) is 11.3 Å². The van der Waals surface area contributed by atoms with Gasteiger partial charge in [-0.05, 0) is 30.0 Å². The molecule has 0 spiro atoms. The van der Waals surface area contributed by atoms with Crippen LogP contribution in [0.1, 0.15) is 30.5 Å². The molecule has 0 saturated carbocycles. The number of pyridine rings is 1. The summed E-state index contributed by atoms with van der Waals surface area (Å²) in [6.45, 7) is 2.00. The van der Waals surface area contributed by atoms with Crippen molar-refractivity contribution in [3.8, 4) is 0 Å². The molecule has 3 rings (SSSR count). The van der Waals surface area contributed by atoms with E-state index in [1.165, 1.54) is 18.4 Å². The van der Waals surface area contributed by atoms with Crippen LogP contribution in [0.5, 0.6) is 0 Å². The minimum Gasteiger partial charge on any atom is -0.363 e. The Balaban J connectivity index is 1.94. The number of methoxy groups -OCH3 is 1. The van der Waals surface area contributed by atoms with Crippen LogP contribution in [0.3, 0.4) is 0 Å². The lowest BCUT2D eigenvalue weighted by atomic mass is 10.1. The highest BCUT2D eigenvalue weighted by Gasteiger charge is 2.17. The van der Waals surface area contributed by atoms with Crippen LogP contribution in [-0.2, 0) is 4.74 Å². The quantitative estimate of drug-likeness (QED) is 0.705. The SMILES string of the molecule is COC(O)c1nc(NC(C)c2cccnc2)nc2ccsc12. The third-order valence-corrected chi connectivity index (χ3v) is 4.24. The van der Waals surface area contributed by atoms with E-state index in [-0.39, 0.29) is 6.04 Å². The summed E-state index contributed by atoms with van der Waals surface area (Å²) in [5.74, 6) is 0.452. The summed E-state index contributed by atoms with van der Waals surface area (Å²) in [7, 11) is 1.44. The lowest BCUT2D eigenvalue weighted by molar-refractivity contribution is -0.0786. The summed E-state index contributed by atoms with van der Waals surface area (Å²) >= 11 is 1.48. The first-order valence-corrected chi connectivity index (χ1v) is 7.69. The molecule has 0 aliphatic rings. The fourth-order valence-corrected chi connectivity index (χ4v) is 2.97. The molecule has 0 fully saturated rings. The Labute approximate surface area is 131 Å². The van der Waals surface area contributed by atoms with Crippen molar-refractivity contribution in [2.75, 3.05) is 12.4 Å². The predicted octanol–water partition coefficient (Wildman–Crippen LogP) is 2.90. The van der Waals surface area contributed by atoms with Crippen molar-refractivity contribution >= 4 is 27.5 Å². The number of nitrogens with zero attached hydrogens (tertiary/aromatic N) is 3. The van der Waals surface area contributed by atoms with E-state index in [9.17, 15) is 5.11 Å². The molecule has 2 atom stereocenters. The molecular formula is C15H16N4O2S. The van der Waals surface area contributed by atoms with E-state index in [1.54, 1.807) is 12.4 Å². The van der Waals surface area contributed by atoms with Crippen LogP contribution in [0.2, 0.25) is 0 Å². The molecule has 0 amide bonds. The van der Waals surface area contributed by atoms with E-state index in [2.05, 4.69) is 20.3 Å². The van der Waals surface area contributed by atoms with Gasteiger partial charge in [-0.2, -0.15) is 0 Å². The molecule has 3 aromatic heterocycles. The van der Waals surface area contributed by atoms with Crippen LogP contribution in [0.15, 0.2) is 36.0 Å². The number of rotatable bonds is 5. The number of ether oxygens (including phenoxy) is 1. The van der Waals surface area contributed by atoms with Crippen LogP contribution in [-0.4, -0.2) is 27.2 Å². The second-order valence-corrected chi connectivity index (χ2v) is 5.72. The first-order valence-electron chi connectivity index (χ1n) is 6.81. The highest BCUT2D eigenvalue weighted by molar-refractivity contribution is 7.17. The third-order valence-electron chi connectivity index (χ3n) is 3.32. The van der Waals surface area contributed by atoms with Crippen molar-refractivity contribution in [2.45, 2.75) is 19.3 Å². The number of thiophene rings is 1. The normalized spacial score (nSPS) is 14.0. The van der Waals surface area contributed by atoms with Crippen molar-refractivity contribution < 1.29 is 9.84 Å². The summed E-state index contributed by atoms with van der Waals surface area (Å²) in [6, 6.07) is 5.76. The van der Waals surface area contributed by atoms with Crippen molar-refractivity contribution in [1.82, 2.24) is 15.0 Å². The zero-order valence-electron chi connectivity index (χ0n) is 12.2. The van der Waals surface area contributed by atoms with Gasteiger partial charge in [0.05, 0.1) is 16.3 Å². The van der Waals surface area contributed by atoms with E-state index >= 15 is 0 Å². The molecule has 0 aromatic carbocycles. The molecule has 2 unspecified atom stereocenters. The molecule has 0 aliphatic carbocycles. The van der Waals surface area contributed by atoms with Crippen molar-refractivity contribution in [3.05, 3.63) is 47.2 Å². The molecule has 7 heteroatoms. The molecule has 0 saturated heterocycles. The van der Waals surface area contributed by atoms with E-state index in [0.717, 1.165) is 15.8 Å². The van der Waals surface area contributed by atoms with Crippen LogP contribution in [0.25, 0.3) is 10.2 Å². The molecule has 3 heterocycles. The highest BCUT2D eigenvalue weighted by Crippen LogP contribution is 2.29. The number of nitrogens with one attached hydrogen (secondary N) is 1. The zero-order chi connectivity index (χ0) is 15.5. The molecule has 0 bridgehead atoms. The zero-order valence-corrected chi connectivity index (χ0v) is 13.0. The smallest absolute Gasteiger partial charge is 0.224 e. The van der Waals surface area contributed by atoms with Gasteiger partial charge in [0.25, 0.3) is 0 Å². The van der Waals surface area contributed by atoms with Gasteiger partial charge in [-0.3, -0.25) is 4.98 Å². The lowest BCUT2D eigenvalue weighted by Crippen LogP contribution is -2.12. The Kier molecular flexibility index (Phi) is 4.28. The number of aliphatic hydroxyl groups excluding tert-OH is 1. The average Bonchev–Trinajstić information content (AvgIpc) is 3.02. The first kappa shape index (κ1) is 14.8. The van der Waals surface area contributed by atoms with Crippen LogP contribution in [0.4, 0.5) is 5.95 Å². The summed E-state index contributed by atoms with van der Waals surface area (Å²) in [6.07, 6.45) is 2.46. The third kappa shape index (κ3) is 2.92. The van der Waals surface area contributed by atoms with Crippen LogP contribution in [0, 0.1) is 0 Å². The van der Waals surface area contributed by atoms with Crippen molar-refractivity contribution in [3.63, 3.8) is 0 Å². The molecule has 114 valence electrons. The number of hydrogen-bond acceptors (Lipinski definition) is 7. The van der Waals surface area contributed by atoms with Crippen molar-refractivity contribution in [1.29, 1.82) is 0 Å². The standard InChI is InChI=1S/C15H16N4O2S/c1-9(10-4-3-6-16-8-10)17-15-18-11-5-7-22-13(11)12(19-15)14(20)21-2/h3-9,14,20H,1-2H3,(H,17,18,19). The predicted molar refractivity (Wildman–Crippen MR) is 85.7 cm³/mol. The van der Waals surface area contributed by atoms with Crippen molar-refractivity contribution in [2.24, 2.45) is 0 Å². The monoisotopic (exact) mass is 316 g/mol. The molecule has 6 nitrogen and oxygen atoms in total. The van der Waals surface area contributed by atoms with Gasteiger partial charge in [0.2, 0.25) is 5.95 Å². The van der Waals surface area contributed by atoms with Gasteiger partial charge in [0, 0.05) is 19.5 Å². The Morgan fingerprint density at radius 1 is 1.32 bits per heavy atom. The van der Waals surface area contributed by atoms with Crippen LogP contribution < -0.4 is 5.32 Å². The second kappa shape index (κ2) is 6.35. The van der Waals surface area contributed by atoms with Gasteiger partial charge >= 0.3 is 0 Å². The summed E-state index contributed by atoms with van der Waals surface area (Å²) < 4.78 is 5.82. The Morgan fingerprint density at radius 2 is 2.18 bits per heavy atom. The molecule has 3 aromatic rings. The fraction of sp³-hybridized carbons (Fsp3) is 0.267. The van der Waals surface area contributed by atoms with Gasteiger partial charge in [-0.1, -0.05) is 6.07 Å². The Hall–Kier alpha value is -2.09. The van der Waals surface area contributed by atoms with Gasteiger partial charge < -0.3 is 15.2 Å². The largest absolute Gasteiger partial charge is 0.363 e. The average molecular weight is 316 g/mol. The van der Waals surface area contributed by atoms with E-state index < -0.39 is 6.29 Å². The van der Waals surface area contributed by atoms with Gasteiger partial charge in [-0.25, -0.2) is 9.97 Å². The first-order chi connectivity index (χ1) is 10.7. The molecule has 2 N–H and O–H groups in total. The highest BCUT2D eigenvalue weighted by atomic mass is 32.1. The molecule has 0 radical (unpaired) electrons. The molecule has 0 aliphatic heterocycles. The fourth-order valence-electron chi connectivity index (χ4n) is 2.14. The Bertz CT molecular complexity index is 763. The maximum Gasteiger partial charge on any atom is 0.224 e. The molecular weight excluding hydrogens is 300 g/mol. The number of hydrogen-bond donors (Lipinski definition) is 2. The van der Waals surface area contributed by atoms with Gasteiger partial charge in [0.1, 0.15) is 5.69 Å². The number of aliphatic hydroxyl groups is 1. The molecule has 22 heavy (non-hydrogen) atoms. The van der Waals surface area contributed by atoms with Gasteiger partial charge in [0.15, 0.2) is 6.29 Å². The second-order valence-electron chi connectivity index (χ2n) is 4.81. The van der Waals surface area contributed by atoms with Crippen LogP contribution >= 0.6 is 11.3 Å². The number of fused-ring (bicyclic) bond motifs is 1. The summed E-state index contributed by atoms with van der Waals surface area (Å²) in [4.78, 5) is 13.0. The Morgan fingerprint density at radius 3 is 2.91 bits per heavy atom. The number of anilines is 1. The van der Waals surface area contributed by atoms with E-state index in [0.29, 0.717) is 11.6 Å². The maximum atomic E-state index is 9.98. The minimum atomic E-state index is -1.07. The van der Waals surface area contributed by atoms with E-state index in [1.807, 2.05) is 30.5 Å². The maximum absolute atomic E-state index is 9.98.